The zero-order valence-corrected chi connectivity index (χ0v) is 13.9. The third kappa shape index (κ3) is 3.16. The van der Waals surface area contributed by atoms with E-state index in [1.165, 1.54) is 38.8 Å². The first-order chi connectivity index (χ1) is 8.79. The maximum atomic E-state index is 3.86. The van der Waals surface area contributed by atoms with E-state index in [2.05, 4.69) is 51.8 Å². The summed E-state index contributed by atoms with van der Waals surface area (Å²) in [5.41, 5.74) is 0.755. The maximum Gasteiger partial charge on any atom is 0.0337 e. The monoisotopic (exact) mass is 266 g/mol. The lowest BCUT2D eigenvalue weighted by Crippen LogP contribution is -2.68. The minimum Gasteiger partial charge on any atom is -0.310 e. The zero-order chi connectivity index (χ0) is 14.3. The molecule has 1 aliphatic carbocycles. The molecule has 0 bridgehead atoms. The number of piperazine rings is 1. The van der Waals surface area contributed by atoms with Gasteiger partial charge in [0.25, 0.3) is 0 Å². The van der Waals surface area contributed by atoms with Crippen molar-refractivity contribution in [1.82, 2.24) is 10.2 Å². The van der Waals surface area contributed by atoms with Crippen molar-refractivity contribution in [3.05, 3.63) is 0 Å². The van der Waals surface area contributed by atoms with Crippen LogP contribution >= 0.6 is 0 Å². The third-order valence-corrected chi connectivity index (χ3v) is 5.48. The van der Waals surface area contributed by atoms with Crippen LogP contribution in [0.5, 0.6) is 0 Å². The molecule has 3 atom stereocenters. The van der Waals surface area contributed by atoms with Gasteiger partial charge in [-0.05, 0) is 44.4 Å². The predicted molar refractivity (Wildman–Crippen MR) is 83.5 cm³/mol. The summed E-state index contributed by atoms with van der Waals surface area (Å²) in [5, 5.41) is 3.86. The van der Waals surface area contributed by atoms with Crippen molar-refractivity contribution < 1.29 is 0 Å². The Morgan fingerprint density at radius 2 is 1.95 bits per heavy atom. The molecule has 1 heterocycles. The molecule has 0 aromatic rings. The maximum absolute atomic E-state index is 3.86. The van der Waals surface area contributed by atoms with Crippen LogP contribution in [0, 0.1) is 11.3 Å². The van der Waals surface area contributed by atoms with Gasteiger partial charge in [-0.1, -0.05) is 34.1 Å². The van der Waals surface area contributed by atoms with Crippen LogP contribution in [0.3, 0.4) is 0 Å². The van der Waals surface area contributed by atoms with Crippen LogP contribution < -0.4 is 5.32 Å². The van der Waals surface area contributed by atoms with Gasteiger partial charge < -0.3 is 5.32 Å². The molecule has 0 aromatic carbocycles. The fourth-order valence-electron chi connectivity index (χ4n) is 3.82. The van der Waals surface area contributed by atoms with E-state index >= 15 is 0 Å². The molecular formula is C17H34N2. The molecule has 2 nitrogen and oxygen atoms in total. The van der Waals surface area contributed by atoms with Gasteiger partial charge in [-0.25, -0.2) is 0 Å². The quantitative estimate of drug-likeness (QED) is 0.835. The number of rotatable bonds is 4. The van der Waals surface area contributed by atoms with Crippen molar-refractivity contribution in [3.63, 3.8) is 0 Å². The van der Waals surface area contributed by atoms with Gasteiger partial charge in [0.05, 0.1) is 0 Å². The van der Waals surface area contributed by atoms with Crippen LogP contribution in [0.2, 0.25) is 0 Å². The lowest BCUT2D eigenvalue weighted by Gasteiger charge is -2.54. The summed E-state index contributed by atoms with van der Waals surface area (Å²) < 4.78 is 0. The molecule has 1 saturated carbocycles. The van der Waals surface area contributed by atoms with Crippen LogP contribution in [-0.2, 0) is 0 Å². The molecule has 1 aliphatic heterocycles. The molecule has 0 radical (unpaired) electrons. The predicted octanol–water partition coefficient (Wildman–Crippen LogP) is 3.66. The van der Waals surface area contributed by atoms with Crippen molar-refractivity contribution in [2.45, 2.75) is 84.8 Å². The lowest BCUT2D eigenvalue weighted by molar-refractivity contribution is -0.0187. The largest absolute Gasteiger partial charge is 0.310 e. The van der Waals surface area contributed by atoms with Crippen molar-refractivity contribution in [3.8, 4) is 0 Å². The van der Waals surface area contributed by atoms with Crippen LogP contribution in [0.15, 0.2) is 0 Å². The standard InChI is InChI=1S/C17H34N2/c1-7-8-13(2)19-11-15(16(3,4)5)18-12-17(19,6)14-9-10-14/h13-15,18H,7-12H2,1-6H3. The highest BCUT2D eigenvalue weighted by Gasteiger charge is 2.50. The van der Waals surface area contributed by atoms with Gasteiger partial charge in [0.1, 0.15) is 0 Å². The SMILES string of the molecule is CCCC(C)N1CC(C(C)(C)C)NCC1(C)C1CC1. The summed E-state index contributed by atoms with van der Waals surface area (Å²) >= 11 is 0. The van der Waals surface area contributed by atoms with Crippen molar-refractivity contribution in [1.29, 1.82) is 0 Å². The summed E-state index contributed by atoms with van der Waals surface area (Å²) in [6.45, 7) is 16.8. The molecule has 2 heteroatoms. The van der Waals surface area contributed by atoms with Crippen molar-refractivity contribution in [2.24, 2.45) is 11.3 Å². The molecule has 2 rings (SSSR count). The molecule has 2 aliphatic rings. The molecule has 1 saturated heterocycles. The second kappa shape index (κ2) is 5.37. The van der Waals surface area contributed by atoms with Crippen molar-refractivity contribution in [2.75, 3.05) is 13.1 Å². The van der Waals surface area contributed by atoms with E-state index in [-0.39, 0.29) is 0 Å². The molecule has 0 amide bonds. The highest BCUT2D eigenvalue weighted by molar-refractivity contribution is 5.07. The van der Waals surface area contributed by atoms with Gasteiger partial charge in [-0.2, -0.15) is 0 Å². The summed E-state index contributed by atoms with van der Waals surface area (Å²) in [6, 6.07) is 1.35. The minimum atomic E-state index is 0.356. The second-order valence-electron chi connectivity index (χ2n) is 8.22. The average molecular weight is 266 g/mol. The Morgan fingerprint density at radius 3 is 2.42 bits per heavy atom. The van der Waals surface area contributed by atoms with Gasteiger partial charge in [0.15, 0.2) is 0 Å². The first-order valence-corrected chi connectivity index (χ1v) is 8.29. The Labute approximate surface area is 120 Å². The first kappa shape index (κ1) is 15.3. The normalized spacial score (nSPS) is 35.4. The summed E-state index contributed by atoms with van der Waals surface area (Å²) in [7, 11) is 0. The van der Waals surface area contributed by atoms with Gasteiger partial charge in [-0.15, -0.1) is 0 Å². The smallest absolute Gasteiger partial charge is 0.0337 e. The molecule has 0 spiro atoms. The second-order valence-corrected chi connectivity index (χ2v) is 8.22. The summed E-state index contributed by atoms with van der Waals surface area (Å²) in [6.07, 6.45) is 5.51. The molecule has 2 fully saturated rings. The van der Waals surface area contributed by atoms with E-state index in [4.69, 9.17) is 0 Å². The molecule has 19 heavy (non-hydrogen) atoms. The Balaban J connectivity index is 2.14. The molecule has 1 N–H and O–H groups in total. The topological polar surface area (TPSA) is 15.3 Å². The van der Waals surface area contributed by atoms with Gasteiger partial charge in [-0.3, -0.25) is 4.90 Å². The molecule has 0 aromatic heterocycles. The van der Waals surface area contributed by atoms with E-state index in [1.807, 2.05) is 0 Å². The lowest BCUT2D eigenvalue weighted by atomic mass is 9.80. The van der Waals surface area contributed by atoms with Gasteiger partial charge in [0, 0.05) is 30.7 Å². The summed E-state index contributed by atoms with van der Waals surface area (Å²) in [5.74, 6) is 0.931. The molecular weight excluding hydrogens is 232 g/mol. The minimum absolute atomic E-state index is 0.356. The van der Waals surface area contributed by atoms with E-state index < -0.39 is 0 Å². The number of nitrogens with one attached hydrogen (secondary N) is 1. The van der Waals surface area contributed by atoms with E-state index in [0.717, 1.165) is 12.0 Å². The fourth-order valence-corrected chi connectivity index (χ4v) is 3.82. The average Bonchev–Trinajstić information content (AvgIpc) is 3.12. The van der Waals surface area contributed by atoms with Crippen LogP contribution in [-0.4, -0.2) is 35.6 Å². The highest BCUT2D eigenvalue weighted by Crippen LogP contribution is 2.45. The van der Waals surface area contributed by atoms with Crippen LogP contribution in [0.1, 0.15) is 67.2 Å². The molecule has 112 valence electrons. The Hall–Kier alpha value is -0.0800. The zero-order valence-electron chi connectivity index (χ0n) is 13.9. The number of nitrogens with zero attached hydrogens (tertiary/aromatic N) is 1. The number of hydrogen-bond acceptors (Lipinski definition) is 2. The van der Waals surface area contributed by atoms with Crippen molar-refractivity contribution >= 4 is 0 Å². The number of hydrogen-bond donors (Lipinski definition) is 1. The fraction of sp³-hybridized carbons (Fsp3) is 1.00. The Kier molecular flexibility index (Phi) is 4.32. The van der Waals surface area contributed by atoms with Crippen LogP contribution in [0.4, 0.5) is 0 Å². The van der Waals surface area contributed by atoms with Gasteiger partial charge in [0.2, 0.25) is 0 Å². The first-order valence-electron chi connectivity index (χ1n) is 8.29. The van der Waals surface area contributed by atoms with E-state index in [9.17, 15) is 0 Å². The Bertz CT molecular complexity index is 303. The third-order valence-electron chi connectivity index (χ3n) is 5.48. The molecule has 3 unspecified atom stereocenters. The Morgan fingerprint density at radius 1 is 1.32 bits per heavy atom. The highest BCUT2D eigenvalue weighted by atomic mass is 15.3. The van der Waals surface area contributed by atoms with Gasteiger partial charge >= 0.3 is 0 Å². The van der Waals surface area contributed by atoms with Crippen LogP contribution in [0.25, 0.3) is 0 Å². The van der Waals surface area contributed by atoms with E-state index in [0.29, 0.717) is 17.0 Å². The van der Waals surface area contributed by atoms with E-state index in [1.54, 1.807) is 0 Å². The summed E-state index contributed by atoms with van der Waals surface area (Å²) in [4.78, 5) is 2.85.